The summed E-state index contributed by atoms with van der Waals surface area (Å²) in [4.78, 5) is 0.0123. The molecule has 0 spiro atoms. The number of hydrogen-bond acceptors (Lipinski definition) is 6. The largest absolute Gasteiger partial charge is 0.334 e. The molecule has 0 atom stereocenters. The minimum absolute atomic E-state index is 0.0844. The van der Waals surface area contributed by atoms with Crippen LogP contribution in [0.3, 0.4) is 0 Å². The average Bonchev–Trinajstić information content (AvgIpc) is 3.22. The summed E-state index contributed by atoms with van der Waals surface area (Å²) >= 11 is 7.77. The Labute approximate surface area is 182 Å². The molecule has 0 aliphatic carbocycles. The SMILES string of the molecule is CS/C(=N\S(=O)(=O)c1cc(S(=O)(=O)c2ccccc2)cs1)Nc1ccc(Cl)cc1. The monoisotopic (exact) mass is 486 g/mol. The minimum atomic E-state index is -4.09. The summed E-state index contributed by atoms with van der Waals surface area (Å²) in [7, 11) is -7.89. The van der Waals surface area contributed by atoms with Crippen LogP contribution in [-0.2, 0) is 19.9 Å². The molecule has 0 fully saturated rings. The number of anilines is 1. The van der Waals surface area contributed by atoms with E-state index in [2.05, 4.69) is 9.71 Å². The second-order valence-corrected chi connectivity index (χ2v) is 11.5. The lowest BCUT2D eigenvalue weighted by atomic mass is 10.3. The molecule has 29 heavy (non-hydrogen) atoms. The van der Waals surface area contributed by atoms with Crippen molar-refractivity contribution in [1.82, 2.24) is 0 Å². The van der Waals surface area contributed by atoms with Gasteiger partial charge in [0.15, 0.2) is 5.17 Å². The van der Waals surface area contributed by atoms with Crippen LogP contribution in [0.25, 0.3) is 0 Å². The highest BCUT2D eigenvalue weighted by atomic mass is 35.5. The van der Waals surface area contributed by atoms with Gasteiger partial charge in [0.1, 0.15) is 4.21 Å². The Bertz CT molecular complexity index is 1240. The standard InChI is InChI=1S/C18H15ClN2O4S4/c1-26-18(20-14-9-7-13(19)8-10-14)21-29(24,25)17-11-16(12-27-17)28(22,23)15-5-3-2-4-6-15/h2-12H,1H3,(H,20,21). The molecule has 0 bridgehead atoms. The maximum absolute atomic E-state index is 12.7. The fraction of sp³-hybridized carbons (Fsp3) is 0.0556. The third-order valence-electron chi connectivity index (χ3n) is 3.66. The third kappa shape index (κ3) is 5.20. The van der Waals surface area contributed by atoms with Gasteiger partial charge < -0.3 is 5.32 Å². The summed E-state index contributed by atoms with van der Waals surface area (Å²) in [6.45, 7) is 0. The maximum Gasteiger partial charge on any atom is 0.294 e. The number of sulfone groups is 1. The Morgan fingerprint density at radius 3 is 2.28 bits per heavy atom. The lowest BCUT2D eigenvalue weighted by Crippen LogP contribution is -2.10. The Kier molecular flexibility index (Phi) is 6.69. The highest BCUT2D eigenvalue weighted by Crippen LogP contribution is 2.29. The predicted octanol–water partition coefficient (Wildman–Crippen LogP) is 4.75. The van der Waals surface area contributed by atoms with E-state index in [4.69, 9.17) is 11.6 Å². The van der Waals surface area contributed by atoms with Crippen molar-refractivity contribution in [2.24, 2.45) is 4.40 Å². The van der Waals surface area contributed by atoms with Crippen LogP contribution in [0.5, 0.6) is 0 Å². The van der Waals surface area contributed by atoms with Gasteiger partial charge in [0.05, 0.1) is 9.79 Å². The molecule has 6 nitrogen and oxygen atoms in total. The summed E-state index contributed by atoms with van der Waals surface area (Å²) in [5.74, 6) is 0. The van der Waals surface area contributed by atoms with Crippen molar-refractivity contribution in [3.63, 3.8) is 0 Å². The number of sulfonamides is 1. The number of thiophene rings is 1. The topological polar surface area (TPSA) is 92.7 Å². The zero-order valence-corrected chi connectivity index (χ0v) is 19.0. The molecule has 0 aliphatic rings. The Morgan fingerprint density at radius 1 is 1.00 bits per heavy atom. The summed E-state index contributed by atoms with van der Waals surface area (Å²) in [5, 5.41) is 4.91. The van der Waals surface area contributed by atoms with Crippen LogP contribution in [-0.4, -0.2) is 28.3 Å². The van der Waals surface area contributed by atoms with E-state index in [1.165, 1.54) is 17.5 Å². The van der Waals surface area contributed by atoms with Crippen LogP contribution in [0.15, 0.2) is 84.4 Å². The first-order valence-electron chi connectivity index (χ1n) is 8.02. The predicted molar refractivity (Wildman–Crippen MR) is 119 cm³/mol. The fourth-order valence-corrected chi connectivity index (χ4v) is 6.90. The molecule has 0 saturated carbocycles. The van der Waals surface area contributed by atoms with Crippen LogP contribution >= 0.6 is 34.7 Å². The fourth-order valence-electron chi connectivity index (χ4n) is 2.23. The van der Waals surface area contributed by atoms with E-state index < -0.39 is 19.9 Å². The molecule has 0 amide bonds. The molecule has 1 aromatic heterocycles. The van der Waals surface area contributed by atoms with E-state index in [0.717, 1.165) is 29.2 Å². The normalized spacial score (nSPS) is 12.7. The summed E-state index contributed by atoms with van der Waals surface area (Å²) < 4.78 is 54.3. The molecule has 152 valence electrons. The van der Waals surface area contributed by atoms with E-state index in [1.807, 2.05) is 0 Å². The molecule has 0 saturated heterocycles. The number of thioether (sulfide) groups is 1. The number of amidine groups is 1. The second kappa shape index (κ2) is 8.88. The van der Waals surface area contributed by atoms with Crippen molar-refractivity contribution < 1.29 is 16.8 Å². The van der Waals surface area contributed by atoms with Gasteiger partial charge in [-0.15, -0.1) is 15.7 Å². The van der Waals surface area contributed by atoms with E-state index in [9.17, 15) is 16.8 Å². The molecule has 0 aliphatic heterocycles. The van der Waals surface area contributed by atoms with Crippen LogP contribution in [0.1, 0.15) is 0 Å². The number of nitrogens with one attached hydrogen (secondary N) is 1. The molecule has 3 aromatic rings. The van der Waals surface area contributed by atoms with Gasteiger partial charge in [-0.25, -0.2) is 8.42 Å². The van der Waals surface area contributed by atoms with Gasteiger partial charge in [0, 0.05) is 16.1 Å². The molecule has 2 aromatic carbocycles. The van der Waals surface area contributed by atoms with E-state index >= 15 is 0 Å². The van der Waals surface area contributed by atoms with Gasteiger partial charge in [-0.3, -0.25) is 0 Å². The van der Waals surface area contributed by atoms with Crippen molar-refractivity contribution in [3.8, 4) is 0 Å². The molecular formula is C18H15ClN2O4S4. The Balaban J connectivity index is 1.89. The third-order valence-corrected chi connectivity index (χ3v) is 9.20. The first-order valence-corrected chi connectivity index (χ1v) is 13.4. The van der Waals surface area contributed by atoms with Crippen molar-refractivity contribution in [1.29, 1.82) is 0 Å². The molecule has 11 heteroatoms. The van der Waals surface area contributed by atoms with Crippen LogP contribution < -0.4 is 5.32 Å². The first-order chi connectivity index (χ1) is 13.7. The summed E-state index contributed by atoms with van der Waals surface area (Å²) in [6, 6.07) is 15.7. The lowest BCUT2D eigenvalue weighted by molar-refractivity contribution is 0.596. The lowest BCUT2D eigenvalue weighted by Gasteiger charge is -2.07. The quantitative estimate of drug-likeness (QED) is 0.413. The van der Waals surface area contributed by atoms with Crippen LogP contribution in [0.2, 0.25) is 5.02 Å². The number of rotatable bonds is 5. The number of nitrogens with zero attached hydrogens (tertiary/aromatic N) is 1. The maximum atomic E-state index is 12.7. The first kappa shape index (κ1) is 21.8. The number of hydrogen-bond donors (Lipinski definition) is 1. The molecule has 1 heterocycles. The van der Waals surface area contributed by atoms with Gasteiger partial charge in [0.25, 0.3) is 10.0 Å². The zero-order valence-electron chi connectivity index (χ0n) is 14.9. The summed E-state index contributed by atoms with van der Waals surface area (Å²) in [6.07, 6.45) is 1.68. The second-order valence-electron chi connectivity index (χ2n) is 5.63. The number of benzene rings is 2. The van der Waals surface area contributed by atoms with Gasteiger partial charge >= 0.3 is 0 Å². The average molecular weight is 487 g/mol. The van der Waals surface area contributed by atoms with Gasteiger partial charge in [-0.1, -0.05) is 41.6 Å². The van der Waals surface area contributed by atoms with Gasteiger partial charge in [-0.2, -0.15) is 8.42 Å². The molecule has 3 rings (SSSR count). The minimum Gasteiger partial charge on any atom is -0.334 e. The highest BCUT2D eigenvalue weighted by molar-refractivity contribution is 8.14. The highest BCUT2D eigenvalue weighted by Gasteiger charge is 2.24. The van der Waals surface area contributed by atoms with Crippen molar-refractivity contribution >= 4 is 65.4 Å². The van der Waals surface area contributed by atoms with E-state index in [0.29, 0.717) is 10.7 Å². The smallest absolute Gasteiger partial charge is 0.294 e. The van der Waals surface area contributed by atoms with Gasteiger partial charge in [-0.05, 0) is 48.7 Å². The molecule has 0 radical (unpaired) electrons. The van der Waals surface area contributed by atoms with E-state index in [-0.39, 0.29) is 19.2 Å². The zero-order chi connectivity index (χ0) is 21.1. The van der Waals surface area contributed by atoms with Crippen LogP contribution in [0.4, 0.5) is 5.69 Å². The van der Waals surface area contributed by atoms with Crippen LogP contribution in [0, 0.1) is 0 Å². The Morgan fingerprint density at radius 2 is 1.66 bits per heavy atom. The molecule has 0 unspecified atom stereocenters. The molecular weight excluding hydrogens is 472 g/mol. The Hall–Kier alpha value is -1.85. The van der Waals surface area contributed by atoms with Gasteiger partial charge in [0.2, 0.25) is 9.84 Å². The van der Waals surface area contributed by atoms with E-state index in [1.54, 1.807) is 48.7 Å². The van der Waals surface area contributed by atoms with Crippen molar-refractivity contribution in [3.05, 3.63) is 71.1 Å². The van der Waals surface area contributed by atoms with Crippen molar-refractivity contribution in [2.45, 2.75) is 14.0 Å². The number of halogens is 1. The molecule has 1 N–H and O–H groups in total. The van der Waals surface area contributed by atoms with Crippen molar-refractivity contribution in [2.75, 3.05) is 11.6 Å². The summed E-state index contributed by atoms with van der Waals surface area (Å²) in [5.41, 5.74) is 0.622.